The van der Waals surface area contributed by atoms with Crippen LogP contribution in [0.5, 0.6) is 28.7 Å². The van der Waals surface area contributed by atoms with E-state index in [1.807, 2.05) is 115 Å². The van der Waals surface area contributed by atoms with Crippen molar-refractivity contribution < 1.29 is 14.6 Å². The van der Waals surface area contributed by atoms with Crippen LogP contribution < -0.4 is 9.47 Å². The molecule has 3 nitrogen and oxygen atoms in total. The summed E-state index contributed by atoms with van der Waals surface area (Å²) in [7, 11) is 0. The van der Waals surface area contributed by atoms with Crippen LogP contribution in [0.1, 0.15) is 0 Å². The van der Waals surface area contributed by atoms with Gasteiger partial charge in [0, 0.05) is 16.2 Å². The molecule has 158 valence electrons. The molecule has 0 aliphatic rings. The Morgan fingerprint density at radius 1 is 0.424 bits per heavy atom. The summed E-state index contributed by atoms with van der Waals surface area (Å²) in [5, 5.41) is 17.1. The molecule has 6 rings (SSSR count). The van der Waals surface area contributed by atoms with Gasteiger partial charge in [-0.15, -0.1) is 0 Å². The second kappa shape index (κ2) is 7.88. The van der Waals surface area contributed by atoms with Crippen LogP contribution in [0.4, 0.5) is 0 Å². The first-order chi connectivity index (χ1) is 16.3. The molecule has 33 heavy (non-hydrogen) atoms. The van der Waals surface area contributed by atoms with Crippen LogP contribution in [0.2, 0.25) is 0 Å². The number of phenolic OH excluding ortho intramolecular Hbond substituents is 1. The molecule has 0 amide bonds. The SMILES string of the molecule is Oc1c(Oc2cccc3ccccc23)cc2ccccc2c1Oc1cccc2ccccc12. The van der Waals surface area contributed by atoms with Crippen molar-refractivity contribution in [1.82, 2.24) is 0 Å². The van der Waals surface area contributed by atoms with Crippen LogP contribution in [-0.4, -0.2) is 5.11 Å². The molecule has 0 aromatic heterocycles. The number of phenols is 1. The number of fused-ring (bicyclic) bond motifs is 3. The Labute approximate surface area is 191 Å². The highest BCUT2D eigenvalue weighted by Gasteiger charge is 2.18. The van der Waals surface area contributed by atoms with Gasteiger partial charge in [0.1, 0.15) is 11.5 Å². The molecule has 0 unspecified atom stereocenters. The fourth-order valence-corrected chi connectivity index (χ4v) is 4.26. The maximum atomic E-state index is 11.3. The number of rotatable bonds is 4. The molecule has 0 bridgehead atoms. The van der Waals surface area contributed by atoms with Gasteiger partial charge in [-0.1, -0.05) is 97.1 Å². The Kier molecular flexibility index (Phi) is 4.59. The van der Waals surface area contributed by atoms with Crippen molar-refractivity contribution in [1.29, 1.82) is 0 Å². The molecule has 0 fully saturated rings. The lowest BCUT2D eigenvalue weighted by Crippen LogP contribution is -1.92. The van der Waals surface area contributed by atoms with E-state index >= 15 is 0 Å². The Morgan fingerprint density at radius 2 is 0.909 bits per heavy atom. The second-order valence-electron chi connectivity index (χ2n) is 7.93. The normalized spacial score (nSPS) is 11.2. The zero-order chi connectivity index (χ0) is 22.2. The van der Waals surface area contributed by atoms with Gasteiger partial charge in [-0.25, -0.2) is 0 Å². The van der Waals surface area contributed by atoms with Crippen LogP contribution in [0.25, 0.3) is 32.3 Å². The van der Waals surface area contributed by atoms with Gasteiger partial charge in [0.15, 0.2) is 11.5 Å². The zero-order valence-corrected chi connectivity index (χ0v) is 17.7. The van der Waals surface area contributed by atoms with Crippen molar-refractivity contribution in [3.8, 4) is 28.7 Å². The Balaban J connectivity index is 1.51. The lowest BCUT2D eigenvalue weighted by Gasteiger charge is -2.17. The predicted molar refractivity (Wildman–Crippen MR) is 134 cm³/mol. The van der Waals surface area contributed by atoms with Crippen LogP contribution in [0.3, 0.4) is 0 Å². The highest BCUT2D eigenvalue weighted by atomic mass is 16.5. The molecule has 3 heteroatoms. The summed E-state index contributed by atoms with van der Waals surface area (Å²) in [5.74, 6) is 2.04. The van der Waals surface area contributed by atoms with Crippen LogP contribution >= 0.6 is 0 Å². The van der Waals surface area contributed by atoms with Crippen molar-refractivity contribution >= 4 is 32.3 Å². The van der Waals surface area contributed by atoms with E-state index in [2.05, 4.69) is 0 Å². The largest absolute Gasteiger partial charge is 0.502 e. The predicted octanol–water partition coefficient (Wildman–Crippen LogP) is 8.44. The molecule has 0 saturated heterocycles. The number of aromatic hydroxyl groups is 1. The quantitative estimate of drug-likeness (QED) is 0.306. The summed E-state index contributed by atoms with van der Waals surface area (Å²) < 4.78 is 12.6. The third-order valence-corrected chi connectivity index (χ3v) is 5.87. The van der Waals surface area contributed by atoms with E-state index in [-0.39, 0.29) is 5.75 Å². The van der Waals surface area contributed by atoms with Gasteiger partial charge in [0.2, 0.25) is 5.75 Å². The molecular formula is C30H20O3. The van der Waals surface area contributed by atoms with Crippen molar-refractivity contribution in [2.24, 2.45) is 0 Å². The van der Waals surface area contributed by atoms with Gasteiger partial charge in [0.05, 0.1) is 0 Å². The minimum atomic E-state index is -0.0328. The molecule has 0 aliphatic heterocycles. The second-order valence-corrected chi connectivity index (χ2v) is 7.93. The third-order valence-electron chi connectivity index (χ3n) is 5.87. The Hall–Kier alpha value is -4.50. The summed E-state index contributed by atoms with van der Waals surface area (Å²) in [6, 6.07) is 37.5. The zero-order valence-electron chi connectivity index (χ0n) is 17.7. The molecule has 1 N–H and O–H groups in total. The molecule has 0 atom stereocenters. The van der Waals surface area contributed by atoms with Crippen molar-refractivity contribution in [3.63, 3.8) is 0 Å². The van der Waals surface area contributed by atoms with Gasteiger partial charge < -0.3 is 14.6 Å². The van der Waals surface area contributed by atoms with E-state index in [4.69, 9.17) is 9.47 Å². The fraction of sp³-hybridized carbons (Fsp3) is 0. The minimum absolute atomic E-state index is 0.0328. The van der Waals surface area contributed by atoms with E-state index < -0.39 is 0 Å². The summed E-state index contributed by atoms with van der Waals surface area (Å²) in [5.41, 5.74) is 0. The van der Waals surface area contributed by atoms with Crippen molar-refractivity contribution in [2.45, 2.75) is 0 Å². The van der Waals surface area contributed by atoms with E-state index in [9.17, 15) is 5.11 Å². The Bertz CT molecular complexity index is 1620. The average Bonchev–Trinajstić information content (AvgIpc) is 2.87. The van der Waals surface area contributed by atoms with Crippen LogP contribution in [0.15, 0.2) is 115 Å². The first-order valence-corrected chi connectivity index (χ1v) is 10.8. The third kappa shape index (κ3) is 3.40. The summed E-state index contributed by atoms with van der Waals surface area (Å²) in [6.45, 7) is 0. The highest BCUT2D eigenvalue weighted by Crippen LogP contribution is 2.47. The maximum absolute atomic E-state index is 11.3. The highest BCUT2D eigenvalue weighted by molar-refractivity contribution is 5.95. The van der Waals surface area contributed by atoms with E-state index in [0.717, 1.165) is 32.3 Å². The Morgan fingerprint density at radius 3 is 1.55 bits per heavy atom. The van der Waals surface area contributed by atoms with E-state index in [1.165, 1.54) is 0 Å². The molecule has 0 heterocycles. The lowest BCUT2D eigenvalue weighted by atomic mass is 10.1. The van der Waals surface area contributed by atoms with Crippen LogP contribution in [-0.2, 0) is 0 Å². The smallest absolute Gasteiger partial charge is 0.202 e. The molecule has 6 aromatic rings. The van der Waals surface area contributed by atoms with Crippen LogP contribution in [0, 0.1) is 0 Å². The molecule has 0 spiro atoms. The molecular weight excluding hydrogens is 408 g/mol. The van der Waals surface area contributed by atoms with Gasteiger partial charge in [-0.05, 0) is 34.4 Å². The van der Waals surface area contributed by atoms with Gasteiger partial charge in [-0.3, -0.25) is 0 Å². The van der Waals surface area contributed by atoms with Gasteiger partial charge >= 0.3 is 0 Å². The topological polar surface area (TPSA) is 38.7 Å². The summed E-state index contributed by atoms with van der Waals surface area (Å²) >= 11 is 0. The first-order valence-electron chi connectivity index (χ1n) is 10.8. The van der Waals surface area contributed by atoms with Crippen molar-refractivity contribution in [2.75, 3.05) is 0 Å². The minimum Gasteiger partial charge on any atom is -0.502 e. The maximum Gasteiger partial charge on any atom is 0.202 e. The number of benzene rings is 6. The molecule has 0 aliphatic carbocycles. The molecule has 0 saturated carbocycles. The monoisotopic (exact) mass is 428 g/mol. The first kappa shape index (κ1) is 19.2. The molecule has 6 aromatic carbocycles. The van der Waals surface area contributed by atoms with Gasteiger partial charge in [-0.2, -0.15) is 0 Å². The van der Waals surface area contributed by atoms with Gasteiger partial charge in [0.25, 0.3) is 0 Å². The number of hydrogen-bond donors (Lipinski definition) is 1. The fourth-order valence-electron chi connectivity index (χ4n) is 4.26. The van der Waals surface area contributed by atoms with E-state index in [1.54, 1.807) is 0 Å². The lowest BCUT2D eigenvalue weighted by molar-refractivity contribution is 0.383. The van der Waals surface area contributed by atoms with Crippen molar-refractivity contribution in [3.05, 3.63) is 115 Å². The number of hydrogen-bond acceptors (Lipinski definition) is 3. The van der Waals surface area contributed by atoms with E-state index in [0.29, 0.717) is 23.0 Å². The average molecular weight is 428 g/mol. The summed E-state index contributed by atoms with van der Waals surface area (Å²) in [6.07, 6.45) is 0. The number of ether oxygens (including phenoxy) is 2. The summed E-state index contributed by atoms with van der Waals surface area (Å²) in [4.78, 5) is 0. The molecule has 0 radical (unpaired) electrons. The standard InChI is InChI=1S/C30H20O3/c31-29-28(32-26-17-7-12-20-9-1-4-14-23(20)26)19-22-11-3-6-16-25(22)30(29)33-27-18-8-13-21-10-2-5-15-24(21)27/h1-19,31H.